The molecule has 0 radical (unpaired) electrons. The van der Waals surface area contributed by atoms with Crippen molar-refractivity contribution in [3.8, 4) is 0 Å². The Labute approximate surface area is 97.2 Å². The summed E-state index contributed by atoms with van der Waals surface area (Å²) in [5.41, 5.74) is 0. The molecule has 0 aliphatic heterocycles. The Balaban J connectivity index is 3.90. The Morgan fingerprint density at radius 1 is 1.07 bits per heavy atom. The summed E-state index contributed by atoms with van der Waals surface area (Å²) in [7, 11) is 0. The number of alkyl halides is 1. The quantitative estimate of drug-likeness (QED) is 0.346. The molecule has 1 unspecified atom stereocenters. The van der Waals surface area contributed by atoms with Gasteiger partial charge in [-0.05, 0) is 24.4 Å². The van der Waals surface area contributed by atoms with E-state index < -0.39 is 10.1 Å². The molecule has 0 aromatic carbocycles. The Morgan fingerprint density at radius 2 is 1.71 bits per heavy atom. The summed E-state index contributed by atoms with van der Waals surface area (Å²) in [6, 6.07) is 0. The molecule has 0 spiro atoms. The maximum absolute atomic E-state index is 11.2. The van der Waals surface area contributed by atoms with Crippen LogP contribution < -0.4 is 0 Å². The first-order chi connectivity index (χ1) is 6.56. The van der Waals surface area contributed by atoms with Gasteiger partial charge >= 0.3 is 0 Å². The van der Waals surface area contributed by atoms with Gasteiger partial charge in [-0.1, -0.05) is 46.0 Å². The molecule has 0 fully saturated rings. The molecule has 0 rings (SSSR count). The first-order valence-electron chi connectivity index (χ1n) is 5.45. The Kier molecular flexibility index (Phi) is 7.66. The first-order valence-corrected chi connectivity index (χ1v) is 6.21. The predicted octanol–water partition coefficient (Wildman–Crippen LogP) is 4.50. The highest BCUT2D eigenvalue weighted by Crippen LogP contribution is 2.31. The summed E-state index contributed by atoms with van der Waals surface area (Å²) in [6.07, 6.45) is 6.82. The van der Waals surface area contributed by atoms with Crippen molar-refractivity contribution in [2.45, 2.75) is 63.7 Å². The molecule has 0 aliphatic carbocycles. The molecule has 0 amide bonds. The van der Waals surface area contributed by atoms with Crippen molar-refractivity contribution in [2.24, 2.45) is 0 Å². The second-order valence-corrected chi connectivity index (χ2v) is 4.87. The minimum absolute atomic E-state index is 0.391. The minimum atomic E-state index is -0.802. The first kappa shape index (κ1) is 14.2. The fourth-order valence-electron chi connectivity index (χ4n) is 1.55. The van der Waals surface area contributed by atoms with Crippen molar-refractivity contribution in [3.63, 3.8) is 0 Å². The Hall–Kier alpha value is 0.250. The maximum atomic E-state index is 11.2. The molecule has 1 nitrogen and oxygen atoms in total. The molecule has 0 bridgehead atoms. The van der Waals surface area contributed by atoms with Crippen LogP contribution in [0.25, 0.3) is 0 Å². The van der Waals surface area contributed by atoms with E-state index in [1.54, 1.807) is 0 Å². The van der Waals surface area contributed by atoms with E-state index in [1.165, 1.54) is 12.8 Å². The van der Waals surface area contributed by atoms with Gasteiger partial charge < -0.3 is 0 Å². The van der Waals surface area contributed by atoms with Crippen molar-refractivity contribution in [3.05, 3.63) is 0 Å². The third-order valence-electron chi connectivity index (χ3n) is 2.43. The number of carbonyl (C=O) groups excluding carboxylic acids is 1. The van der Waals surface area contributed by atoms with Crippen LogP contribution in [0.2, 0.25) is 0 Å². The van der Waals surface area contributed by atoms with Crippen LogP contribution in [0.4, 0.5) is 0 Å². The average molecular weight is 239 g/mol. The van der Waals surface area contributed by atoms with Crippen LogP contribution in [0.1, 0.15) is 58.8 Å². The number of hydrogen-bond donors (Lipinski definition) is 0. The molecule has 14 heavy (non-hydrogen) atoms. The van der Waals surface area contributed by atoms with Gasteiger partial charge in [0.1, 0.15) is 4.87 Å². The van der Waals surface area contributed by atoms with Crippen LogP contribution in [0, 0.1) is 0 Å². The van der Waals surface area contributed by atoms with Gasteiger partial charge in [0.15, 0.2) is 0 Å². The van der Waals surface area contributed by atoms with Crippen LogP contribution in [-0.4, -0.2) is 10.1 Å². The summed E-state index contributed by atoms with van der Waals surface area (Å²) < 4.78 is 0. The van der Waals surface area contributed by atoms with E-state index in [9.17, 15) is 4.79 Å². The summed E-state index contributed by atoms with van der Waals surface area (Å²) in [6.45, 7) is 4.18. The molecule has 0 aliphatic rings. The Bertz CT molecular complexity index is 171. The van der Waals surface area contributed by atoms with Crippen LogP contribution >= 0.6 is 23.2 Å². The largest absolute Gasteiger partial charge is 0.279 e. The standard InChI is InChI=1S/C11H20Cl2O/c1-3-5-6-7-9-11(13,8-4-2)10(12)14/h3-9H2,1-2H3. The van der Waals surface area contributed by atoms with Crippen LogP contribution in [0.5, 0.6) is 0 Å². The molecule has 1 atom stereocenters. The summed E-state index contributed by atoms with van der Waals surface area (Å²) in [4.78, 5) is 10.4. The van der Waals surface area contributed by atoms with Crippen molar-refractivity contribution in [1.29, 1.82) is 0 Å². The zero-order valence-electron chi connectivity index (χ0n) is 9.11. The van der Waals surface area contributed by atoms with Gasteiger partial charge in [0, 0.05) is 0 Å². The van der Waals surface area contributed by atoms with E-state index in [0.717, 1.165) is 19.3 Å². The lowest BCUT2D eigenvalue weighted by molar-refractivity contribution is -0.114. The number of rotatable bonds is 8. The topological polar surface area (TPSA) is 17.1 Å². The second kappa shape index (κ2) is 7.53. The lowest BCUT2D eigenvalue weighted by Crippen LogP contribution is -2.28. The molecule has 0 aromatic heterocycles. The van der Waals surface area contributed by atoms with Crippen molar-refractivity contribution >= 4 is 28.4 Å². The molecule has 0 aromatic rings. The SMILES string of the molecule is CCCCCCC(Cl)(CCC)C(=O)Cl. The van der Waals surface area contributed by atoms with Gasteiger partial charge in [-0.2, -0.15) is 0 Å². The lowest BCUT2D eigenvalue weighted by Gasteiger charge is -2.21. The third-order valence-corrected chi connectivity index (χ3v) is 3.43. The highest BCUT2D eigenvalue weighted by molar-refractivity contribution is 6.70. The van der Waals surface area contributed by atoms with Gasteiger partial charge in [-0.25, -0.2) is 0 Å². The fraction of sp³-hybridized carbons (Fsp3) is 0.909. The Morgan fingerprint density at radius 3 is 2.14 bits per heavy atom. The van der Waals surface area contributed by atoms with Crippen LogP contribution in [0.3, 0.4) is 0 Å². The molecule has 0 heterocycles. The van der Waals surface area contributed by atoms with Gasteiger partial charge in [0.05, 0.1) is 0 Å². The summed E-state index contributed by atoms with van der Waals surface area (Å²) >= 11 is 11.7. The zero-order valence-corrected chi connectivity index (χ0v) is 10.6. The highest BCUT2D eigenvalue weighted by atomic mass is 35.5. The zero-order chi connectivity index (χ0) is 11.0. The van der Waals surface area contributed by atoms with E-state index in [0.29, 0.717) is 12.8 Å². The van der Waals surface area contributed by atoms with Crippen molar-refractivity contribution in [1.82, 2.24) is 0 Å². The smallest absolute Gasteiger partial charge is 0.242 e. The van der Waals surface area contributed by atoms with Crippen molar-refractivity contribution in [2.75, 3.05) is 0 Å². The monoisotopic (exact) mass is 238 g/mol. The van der Waals surface area contributed by atoms with Gasteiger partial charge in [-0.15, -0.1) is 11.6 Å². The van der Waals surface area contributed by atoms with E-state index in [1.807, 2.05) is 6.92 Å². The summed E-state index contributed by atoms with van der Waals surface area (Å²) in [5, 5.41) is -0.391. The average Bonchev–Trinajstić information content (AvgIpc) is 2.13. The van der Waals surface area contributed by atoms with Gasteiger partial charge in [0.25, 0.3) is 0 Å². The molecular weight excluding hydrogens is 219 g/mol. The lowest BCUT2D eigenvalue weighted by atomic mass is 9.96. The summed E-state index contributed by atoms with van der Waals surface area (Å²) in [5.74, 6) is 0. The number of hydrogen-bond acceptors (Lipinski definition) is 1. The van der Waals surface area contributed by atoms with Crippen LogP contribution in [0.15, 0.2) is 0 Å². The van der Waals surface area contributed by atoms with Gasteiger partial charge in [-0.3, -0.25) is 4.79 Å². The highest BCUT2D eigenvalue weighted by Gasteiger charge is 2.32. The van der Waals surface area contributed by atoms with E-state index in [-0.39, 0.29) is 0 Å². The van der Waals surface area contributed by atoms with E-state index in [4.69, 9.17) is 23.2 Å². The van der Waals surface area contributed by atoms with Crippen LogP contribution in [-0.2, 0) is 4.79 Å². The predicted molar refractivity (Wildman–Crippen MR) is 63.1 cm³/mol. The number of unbranched alkanes of at least 4 members (excludes halogenated alkanes) is 3. The molecule has 84 valence electrons. The molecule has 0 N–H and O–H groups in total. The van der Waals surface area contributed by atoms with E-state index in [2.05, 4.69) is 6.92 Å². The third kappa shape index (κ3) is 5.21. The fourth-order valence-corrected chi connectivity index (χ4v) is 2.06. The molecular formula is C11H20Cl2O. The number of halogens is 2. The van der Waals surface area contributed by atoms with Crippen molar-refractivity contribution < 1.29 is 4.79 Å². The maximum Gasteiger partial charge on any atom is 0.242 e. The minimum Gasteiger partial charge on any atom is -0.279 e. The molecule has 0 saturated heterocycles. The second-order valence-electron chi connectivity index (χ2n) is 3.80. The number of carbonyl (C=O) groups is 1. The normalized spacial score (nSPS) is 15.1. The molecule has 0 saturated carbocycles. The van der Waals surface area contributed by atoms with Gasteiger partial charge in [0.2, 0.25) is 5.24 Å². The van der Waals surface area contributed by atoms with E-state index >= 15 is 0 Å². The molecule has 3 heteroatoms.